The van der Waals surface area contributed by atoms with E-state index in [0.29, 0.717) is 24.3 Å². The van der Waals surface area contributed by atoms with Gasteiger partial charge in [-0.3, -0.25) is 4.79 Å². The van der Waals surface area contributed by atoms with Crippen molar-refractivity contribution in [2.45, 2.75) is 25.5 Å². The summed E-state index contributed by atoms with van der Waals surface area (Å²) in [4.78, 5) is 12.2. The number of aliphatic hydroxyl groups excluding tert-OH is 1. The van der Waals surface area contributed by atoms with Crippen LogP contribution in [0.2, 0.25) is 0 Å². The number of nitrogens with one attached hydrogen (secondary N) is 1. The van der Waals surface area contributed by atoms with Crippen molar-refractivity contribution in [1.29, 1.82) is 0 Å². The summed E-state index contributed by atoms with van der Waals surface area (Å²) in [5, 5.41) is 13.5. The van der Waals surface area contributed by atoms with Gasteiger partial charge < -0.3 is 15.2 Å². The van der Waals surface area contributed by atoms with E-state index in [9.17, 15) is 9.90 Å². The van der Waals surface area contributed by atoms with E-state index in [0.717, 1.165) is 5.56 Å². The minimum atomic E-state index is -0.594. The Morgan fingerprint density at radius 3 is 2.61 bits per heavy atom. The largest absolute Gasteiger partial charge is 0.497 e. The second-order valence-corrected chi connectivity index (χ2v) is 5.50. The zero-order valence-corrected chi connectivity index (χ0v) is 13.5. The fourth-order valence-corrected chi connectivity index (χ4v) is 2.40. The molecule has 0 spiro atoms. The van der Waals surface area contributed by atoms with E-state index in [1.165, 1.54) is 0 Å². The number of ketones is 1. The van der Waals surface area contributed by atoms with Crippen LogP contribution in [0.4, 0.5) is 0 Å². The van der Waals surface area contributed by atoms with E-state index in [1.54, 1.807) is 25.3 Å². The van der Waals surface area contributed by atoms with Crippen LogP contribution < -0.4 is 10.1 Å². The molecule has 0 fully saturated rings. The first-order valence-electron chi connectivity index (χ1n) is 7.75. The summed E-state index contributed by atoms with van der Waals surface area (Å²) in [6, 6.07) is 16.5. The minimum Gasteiger partial charge on any atom is -0.497 e. The number of Topliss-reactive ketones (excluding diaryl/α,β-unsaturated/α-hetero) is 1. The number of rotatable bonds is 8. The summed E-state index contributed by atoms with van der Waals surface area (Å²) < 4.78 is 5.13. The normalized spacial score (nSPS) is 13.3. The van der Waals surface area contributed by atoms with Crippen LogP contribution in [0.15, 0.2) is 54.6 Å². The first-order valence-corrected chi connectivity index (χ1v) is 7.75. The summed E-state index contributed by atoms with van der Waals surface area (Å²) in [7, 11) is 1.58. The topological polar surface area (TPSA) is 58.6 Å². The number of methoxy groups -OCH3 is 1. The van der Waals surface area contributed by atoms with Gasteiger partial charge in [0.2, 0.25) is 0 Å². The Bertz CT molecular complexity index is 628. The highest BCUT2D eigenvalue weighted by molar-refractivity contribution is 5.96. The molecule has 0 amide bonds. The van der Waals surface area contributed by atoms with Gasteiger partial charge >= 0.3 is 0 Å². The lowest BCUT2D eigenvalue weighted by Crippen LogP contribution is -2.33. The van der Waals surface area contributed by atoms with Crippen LogP contribution in [0.25, 0.3) is 0 Å². The fourth-order valence-electron chi connectivity index (χ4n) is 2.40. The molecule has 2 rings (SSSR count). The molecular formula is C19H23NO3. The minimum absolute atomic E-state index is 0.0535. The van der Waals surface area contributed by atoms with Crippen LogP contribution >= 0.6 is 0 Å². The molecule has 2 N–H and O–H groups in total. The highest BCUT2D eigenvalue weighted by Gasteiger charge is 2.16. The molecule has 122 valence electrons. The average molecular weight is 313 g/mol. The van der Waals surface area contributed by atoms with Gasteiger partial charge in [-0.25, -0.2) is 0 Å². The molecule has 4 nitrogen and oxygen atoms in total. The summed E-state index contributed by atoms with van der Waals surface area (Å²) in [6.45, 7) is 2.43. The number of aliphatic hydroxyl groups is 1. The smallest absolute Gasteiger partial charge is 0.164 e. The van der Waals surface area contributed by atoms with Gasteiger partial charge in [-0.2, -0.15) is 0 Å². The quantitative estimate of drug-likeness (QED) is 0.736. The zero-order chi connectivity index (χ0) is 16.7. The zero-order valence-electron chi connectivity index (χ0n) is 13.5. The van der Waals surface area contributed by atoms with Gasteiger partial charge in [0.15, 0.2) is 5.78 Å². The molecule has 2 aromatic rings. The third-order valence-electron chi connectivity index (χ3n) is 3.82. The van der Waals surface area contributed by atoms with E-state index in [-0.39, 0.29) is 11.8 Å². The van der Waals surface area contributed by atoms with Gasteiger partial charge in [0.25, 0.3) is 0 Å². The molecule has 0 aliphatic rings. The van der Waals surface area contributed by atoms with Crippen molar-refractivity contribution in [2.75, 3.05) is 13.7 Å². The molecule has 0 saturated heterocycles. The summed E-state index contributed by atoms with van der Waals surface area (Å²) in [6.07, 6.45) is -0.220. The molecule has 2 atom stereocenters. The number of hydrogen-bond acceptors (Lipinski definition) is 4. The van der Waals surface area contributed by atoms with Crippen LogP contribution in [0.1, 0.15) is 35.4 Å². The Balaban J connectivity index is 1.83. The van der Waals surface area contributed by atoms with Crippen molar-refractivity contribution < 1.29 is 14.6 Å². The predicted molar refractivity (Wildman–Crippen MR) is 90.8 cm³/mol. The van der Waals surface area contributed by atoms with Crippen molar-refractivity contribution in [3.05, 3.63) is 65.7 Å². The lowest BCUT2D eigenvalue weighted by Gasteiger charge is -2.20. The lowest BCUT2D eigenvalue weighted by molar-refractivity contribution is 0.0972. The van der Waals surface area contributed by atoms with Gasteiger partial charge in [-0.1, -0.05) is 42.5 Å². The SMILES string of the molecule is COc1cccc(C(=O)CCN[C@H](C)[C@H](O)c2ccccc2)c1. The van der Waals surface area contributed by atoms with Crippen LogP contribution in [-0.2, 0) is 0 Å². The molecule has 4 heteroatoms. The monoisotopic (exact) mass is 313 g/mol. The molecule has 0 heterocycles. The van der Waals surface area contributed by atoms with Gasteiger partial charge in [0, 0.05) is 24.6 Å². The molecule has 0 aliphatic carbocycles. The Kier molecular flexibility index (Phi) is 6.32. The maximum absolute atomic E-state index is 12.2. The molecular weight excluding hydrogens is 290 g/mol. The van der Waals surface area contributed by atoms with E-state index >= 15 is 0 Å². The Labute approximate surface area is 137 Å². The number of carbonyl (C=O) groups excluding carboxylic acids is 1. The number of benzene rings is 2. The van der Waals surface area contributed by atoms with Gasteiger partial charge in [0.1, 0.15) is 5.75 Å². The summed E-state index contributed by atoms with van der Waals surface area (Å²) in [5.74, 6) is 0.731. The lowest BCUT2D eigenvalue weighted by atomic mass is 10.0. The molecule has 0 radical (unpaired) electrons. The van der Waals surface area contributed by atoms with Crippen molar-refractivity contribution in [2.24, 2.45) is 0 Å². The highest BCUT2D eigenvalue weighted by atomic mass is 16.5. The molecule has 0 bridgehead atoms. The fraction of sp³-hybridized carbons (Fsp3) is 0.316. The maximum Gasteiger partial charge on any atom is 0.164 e. The van der Waals surface area contributed by atoms with Crippen LogP contribution in [-0.4, -0.2) is 30.6 Å². The third kappa shape index (κ3) is 4.91. The Morgan fingerprint density at radius 2 is 1.91 bits per heavy atom. The molecule has 0 unspecified atom stereocenters. The van der Waals surface area contributed by atoms with E-state index < -0.39 is 6.10 Å². The number of carbonyl (C=O) groups is 1. The molecule has 0 saturated carbocycles. The van der Waals surface area contributed by atoms with Crippen molar-refractivity contribution in [3.8, 4) is 5.75 Å². The van der Waals surface area contributed by atoms with Crippen LogP contribution in [0.5, 0.6) is 5.75 Å². The van der Waals surface area contributed by atoms with Crippen molar-refractivity contribution in [1.82, 2.24) is 5.32 Å². The van der Waals surface area contributed by atoms with Crippen LogP contribution in [0.3, 0.4) is 0 Å². The average Bonchev–Trinajstić information content (AvgIpc) is 2.61. The number of hydrogen-bond donors (Lipinski definition) is 2. The van der Waals surface area contributed by atoms with Crippen molar-refractivity contribution >= 4 is 5.78 Å². The van der Waals surface area contributed by atoms with Crippen LogP contribution in [0, 0.1) is 0 Å². The standard InChI is InChI=1S/C19H23NO3/c1-14(19(22)15-7-4-3-5-8-15)20-12-11-18(21)16-9-6-10-17(13-16)23-2/h3-10,13-14,19-20,22H,11-12H2,1-2H3/t14-,19+/m1/s1. The summed E-state index contributed by atoms with van der Waals surface area (Å²) >= 11 is 0. The third-order valence-corrected chi connectivity index (χ3v) is 3.82. The molecule has 2 aromatic carbocycles. The number of ether oxygens (including phenoxy) is 1. The highest BCUT2D eigenvalue weighted by Crippen LogP contribution is 2.16. The molecule has 0 aliphatic heterocycles. The molecule has 23 heavy (non-hydrogen) atoms. The van der Waals surface area contributed by atoms with E-state index in [1.807, 2.05) is 43.3 Å². The second-order valence-electron chi connectivity index (χ2n) is 5.50. The molecule has 0 aromatic heterocycles. The van der Waals surface area contributed by atoms with Gasteiger partial charge in [0.05, 0.1) is 13.2 Å². The maximum atomic E-state index is 12.2. The predicted octanol–water partition coefficient (Wildman–Crippen LogP) is 2.98. The van der Waals surface area contributed by atoms with E-state index in [2.05, 4.69) is 5.32 Å². The van der Waals surface area contributed by atoms with Gasteiger partial charge in [-0.05, 0) is 24.6 Å². The van der Waals surface area contributed by atoms with Crippen molar-refractivity contribution in [3.63, 3.8) is 0 Å². The second kappa shape index (κ2) is 8.46. The summed E-state index contributed by atoms with van der Waals surface area (Å²) in [5.41, 5.74) is 1.51. The first kappa shape index (κ1) is 17.2. The Morgan fingerprint density at radius 1 is 1.17 bits per heavy atom. The first-order chi connectivity index (χ1) is 11.1. The van der Waals surface area contributed by atoms with Gasteiger partial charge in [-0.15, -0.1) is 0 Å². The Hall–Kier alpha value is -2.17. The van der Waals surface area contributed by atoms with E-state index in [4.69, 9.17) is 4.74 Å².